The second-order valence-electron chi connectivity index (χ2n) is 8.12. The SMILES string of the molecule is COC(=O)CCCCC(=O)Nc1cc2c(Nc3nccc(C4CNCCO4)n3)ncnc2cc1OC. The van der Waals surface area contributed by atoms with E-state index in [0.29, 0.717) is 60.1 Å². The normalized spacial score (nSPS) is 15.3. The van der Waals surface area contributed by atoms with Crippen molar-refractivity contribution in [2.24, 2.45) is 0 Å². The van der Waals surface area contributed by atoms with Gasteiger partial charge >= 0.3 is 5.97 Å². The first-order chi connectivity index (χ1) is 17.6. The third-order valence-corrected chi connectivity index (χ3v) is 5.66. The van der Waals surface area contributed by atoms with Crippen LogP contribution in [0.2, 0.25) is 0 Å². The predicted molar refractivity (Wildman–Crippen MR) is 132 cm³/mol. The molecule has 12 nitrogen and oxygen atoms in total. The van der Waals surface area contributed by atoms with Crippen LogP contribution in [0.3, 0.4) is 0 Å². The number of ether oxygens (including phenoxy) is 3. The topological polar surface area (TPSA) is 149 Å². The van der Waals surface area contributed by atoms with Crippen LogP contribution in [0.5, 0.6) is 5.75 Å². The summed E-state index contributed by atoms with van der Waals surface area (Å²) in [5.41, 5.74) is 1.87. The predicted octanol–water partition coefficient (Wildman–Crippen LogP) is 2.50. The Kier molecular flexibility index (Phi) is 8.53. The highest BCUT2D eigenvalue weighted by Crippen LogP contribution is 2.33. The first kappa shape index (κ1) is 25.2. The van der Waals surface area contributed by atoms with E-state index >= 15 is 0 Å². The van der Waals surface area contributed by atoms with Crippen LogP contribution in [0.25, 0.3) is 10.9 Å². The number of nitrogens with one attached hydrogen (secondary N) is 3. The summed E-state index contributed by atoms with van der Waals surface area (Å²) < 4.78 is 15.9. The van der Waals surface area contributed by atoms with Crippen molar-refractivity contribution in [2.75, 3.05) is 44.5 Å². The Hall–Kier alpha value is -3.90. The molecule has 3 heterocycles. The second kappa shape index (κ2) is 12.2. The van der Waals surface area contributed by atoms with E-state index in [1.165, 1.54) is 20.5 Å². The fraction of sp³-hybridized carbons (Fsp3) is 0.417. The van der Waals surface area contributed by atoms with Crippen molar-refractivity contribution in [1.29, 1.82) is 0 Å². The number of amides is 1. The van der Waals surface area contributed by atoms with Gasteiger partial charge in [-0.15, -0.1) is 0 Å². The Bertz CT molecular complexity index is 1220. The molecule has 12 heteroatoms. The third kappa shape index (κ3) is 6.40. The minimum Gasteiger partial charge on any atom is -0.494 e. The lowest BCUT2D eigenvalue weighted by atomic mass is 10.1. The summed E-state index contributed by atoms with van der Waals surface area (Å²) in [6.07, 6.45) is 4.61. The van der Waals surface area contributed by atoms with Gasteiger partial charge in [-0.25, -0.2) is 19.9 Å². The molecule has 1 saturated heterocycles. The lowest BCUT2D eigenvalue weighted by Crippen LogP contribution is -2.33. The summed E-state index contributed by atoms with van der Waals surface area (Å²) in [4.78, 5) is 41.4. The molecule has 1 atom stereocenters. The van der Waals surface area contributed by atoms with E-state index in [0.717, 1.165) is 12.2 Å². The maximum Gasteiger partial charge on any atom is 0.305 e. The summed E-state index contributed by atoms with van der Waals surface area (Å²) in [5, 5.41) is 9.98. The van der Waals surface area contributed by atoms with Crippen LogP contribution in [0.15, 0.2) is 30.7 Å². The van der Waals surface area contributed by atoms with Crippen molar-refractivity contribution >= 4 is 40.2 Å². The number of unbranched alkanes of at least 4 members (excludes halogenated alkanes) is 1. The lowest BCUT2D eigenvalue weighted by molar-refractivity contribution is -0.140. The molecule has 0 bridgehead atoms. The summed E-state index contributed by atoms with van der Waals surface area (Å²) in [5.74, 6) is 0.838. The smallest absolute Gasteiger partial charge is 0.305 e. The highest BCUT2D eigenvalue weighted by molar-refractivity contribution is 5.99. The minimum atomic E-state index is -0.288. The number of nitrogens with zero attached hydrogens (tertiary/aromatic N) is 4. The van der Waals surface area contributed by atoms with E-state index in [2.05, 4.69) is 40.6 Å². The van der Waals surface area contributed by atoms with Crippen molar-refractivity contribution in [2.45, 2.75) is 31.8 Å². The third-order valence-electron chi connectivity index (χ3n) is 5.66. The van der Waals surface area contributed by atoms with Crippen LogP contribution in [-0.4, -0.2) is 65.7 Å². The minimum absolute atomic E-state index is 0.150. The van der Waals surface area contributed by atoms with E-state index in [-0.39, 0.29) is 30.8 Å². The van der Waals surface area contributed by atoms with Gasteiger partial charge in [0.1, 0.15) is 24.0 Å². The second-order valence-corrected chi connectivity index (χ2v) is 8.12. The zero-order chi connectivity index (χ0) is 25.3. The molecule has 3 N–H and O–H groups in total. The van der Waals surface area contributed by atoms with E-state index in [1.807, 2.05) is 6.07 Å². The first-order valence-corrected chi connectivity index (χ1v) is 11.7. The largest absolute Gasteiger partial charge is 0.494 e. The molecule has 0 radical (unpaired) electrons. The van der Waals surface area contributed by atoms with Crippen LogP contribution >= 0.6 is 0 Å². The number of rotatable bonds is 10. The molecule has 1 aromatic carbocycles. The van der Waals surface area contributed by atoms with Crippen molar-refractivity contribution in [3.8, 4) is 5.75 Å². The van der Waals surface area contributed by atoms with Gasteiger partial charge < -0.3 is 30.2 Å². The number of methoxy groups -OCH3 is 2. The van der Waals surface area contributed by atoms with Gasteiger partial charge in [-0.05, 0) is 25.0 Å². The van der Waals surface area contributed by atoms with Crippen molar-refractivity contribution < 1.29 is 23.8 Å². The van der Waals surface area contributed by atoms with E-state index < -0.39 is 0 Å². The van der Waals surface area contributed by atoms with Gasteiger partial charge in [-0.1, -0.05) is 0 Å². The molecule has 1 aliphatic rings. The number of morpholine rings is 1. The van der Waals surface area contributed by atoms with Gasteiger partial charge in [-0.3, -0.25) is 9.59 Å². The maximum atomic E-state index is 12.5. The zero-order valence-corrected chi connectivity index (χ0v) is 20.2. The number of carbonyl (C=O) groups is 2. The summed E-state index contributed by atoms with van der Waals surface area (Å²) in [6, 6.07) is 5.30. The number of anilines is 3. The Morgan fingerprint density at radius 2 is 2.03 bits per heavy atom. The fourth-order valence-corrected chi connectivity index (χ4v) is 3.79. The van der Waals surface area contributed by atoms with Crippen molar-refractivity contribution in [3.05, 3.63) is 36.4 Å². The molecular weight excluding hydrogens is 466 g/mol. The quantitative estimate of drug-likeness (QED) is 0.281. The average Bonchev–Trinajstić information content (AvgIpc) is 2.91. The number of hydrogen-bond donors (Lipinski definition) is 3. The number of aromatic nitrogens is 4. The summed E-state index contributed by atoms with van der Waals surface area (Å²) >= 11 is 0. The molecular formula is C24H29N7O5. The Balaban J connectivity index is 1.51. The molecule has 1 amide bonds. The molecule has 0 aliphatic carbocycles. The molecule has 3 aromatic rings. The number of benzene rings is 1. The van der Waals surface area contributed by atoms with Gasteiger partial charge in [0.05, 0.1) is 37.7 Å². The molecule has 2 aromatic heterocycles. The molecule has 1 aliphatic heterocycles. The van der Waals surface area contributed by atoms with Crippen LogP contribution in [-0.2, 0) is 19.1 Å². The molecule has 1 fully saturated rings. The Labute approximate surface area is 208 Å². The Morgan fingerprint density at radius 1 is 1.17 bits per heavy atom. The Morgan fingerprint density at radius 3 is 2.81 bits per heavy atom. The number of carbonyl (C=O) groups excluding carboxylic acids is 2. The van der Waals surface area contributed by atoms with Crippen molar-refractivity contribution in [3.63, 3.8) is 0 Å². The zero-order valence-electron chi connectivity index (χ0n) is 20.2. The van der Waals surface area contributed by atoms with Gasteiger partial charge in [0.2, 0.25) is 11.9 Å². The van der Waals surface area contributed by atoms with Crippen LogP contribution in [0.4, 0.5) is 17.5 Å². The van der Waals surface area contributed by atoms with Gasteiger partial charge in [0.25, 0.3) is 0 Å². The van der Waals surface area contributed by atoms with Crippen molar-refractivity contribution in [1.82, 2.24) is 25.3 Å². The van der Waals surface area contributed by atoms with Gasteiger partial charge in [0, 0.05) is 43.6 Å². The molecule has 36 heavy (non-hydrogen) atoms. The summed E-state index contributed by atoms with van der Waals surface area (Å²) in [7, 11) is 2.87. The number of esters is 1. The lowest BCUT2D eigenvalue weighted by Gasteiger charge is -2.23. The number of fused-ring (bicyclic) bond motifs is 1. The molecule has 190 valence electrons. The van der Waals surface area contributed by atoms with E-state index in [1.54, 1.807) is 18.3 Å². The highest BCUT2D eigenvalue weighted by atomic mass is 16.5. The molecule has 0 spiro atoms. The summed E-state index contributed by atoms with van der Waals surface area (Å²) in [6.45, 7) is 2.11. The maximum absolute atomic E-state index is 12.5. The number of hydrogen-bond acceptors (Lipinski definition) is 11. The standard InChI is InChI=1S/C24H29N7O5/c1-34-19-12-17-15(11-18(19)29-21(32)5-3-4-6-22(33)35-2)23(28-14-27-17)31-24-26-8-7-16(30-24)20-13-25-9-10-36-20/h7-8,11-12,14,20,25H,3-6,9-10,13H2,1-2H3,(H,29,32)(H,26,27,28,30,31). The van der Waals surface area contributed by atoms with Gasteiger partial charge in [0.15, 0.2) is 0 Å². The first-order valence-electron chi connectivity index (χ1n) is 11.7. The van der Waals surface area contributed by atoms with Gasteiger partial charge in [-0.2, -0.15) is 0 Å². The van der Waals surface area contributed by atoms with E-state index in [4.69, 9.17) is 9.47 Å². The van der Waals surface area contributed by atoms with Crippen LogP contribution in [0, 0.1) is 0 Å². The fourth-order valence-electron chi connectivity index (χ4n) is 3.79. The molecule has 1 unspecified atom stereocenters. The van der Waals surface area contributed by atoms with E-state index in [9.17, 15) is 9.59 Å². The monoisotopic (exact) mass is 495 g/mol. The molecule has 4 rings (SSSR count). The average molecular weight is 496 g/mol. The molecule has 0 saturated carbocycles. The highest BCUT2D eigenvalue weighted by Gasteiger charge is 2.18. The van der Waals surface area contributed by atoms with Crippen LogP contribution in [0.1, 0.15) is 37.5 Å². The van der Waals surface area contributed by atoms with Crippen LogP contribution < -0.4 is 20.7 Å².